The van der Waals surface area contributed by atoms with E-state index in [0.717, 1.165) is 33.5 Å². The van der Waals surface area contributed by atoms with Gasteiger partial charge in [-0.3, -0.25) is 0 Å². The van der Waals surface area contributed by atoms with Gasteiger partial charge in [0, 0.05) is 0 Å². The third kappa shape index (κ3) is 2.73. The van der Waals surface area contributed by atoms with Crippen LogP contribution in [0.3, 0.4) is 0 Å². The summed E-state index contributed by atoms with van der Waals surface area (Å²) in [4.78, 5) is 20.3. The Kier molecular flexibility index (Phi) is 4.49. The van der Waals surface area contributed by atoms with Gasteiger partial charge in [-0.15, -0.1) is 12.6 Å². The number of carbonyl (C=O) groups excluding carboxylic acids is 1. The quantitative estimate of drug-likeness (QED) is 0.558. The van der Waals surface area contributed by atoms with Crippen molar-refractivity contribution in [2.45, 2.75) is 18.2 Å². The number of carbonyl (C=O) groups is 1. The monoisotopic (exact) mass is 342 g/mol. The van der Waals surface area contributed by atoms with Gasteiger partial charge in [-0.25, -0.2) is 9.78 Å². The van der Waals surface area contributed by atoms with E-state index in [1.165, 1.54) is 7.11 Å². The molecular formula is C18H18N2O3S. The average Bonchev–Trinajstić information content (AvgIpc) is 3.03. The van der Waals surface area contributed by atoms with Crippen molar-refractivity contribution in [3.8, 4) is 17.1 Å². The number of imidazole rings is 1. The van der Waals surface area contributed by atoms with Gasteiger partial charge >= 0.3 is 5.97 Å². The number of ether oxygens (including phenoxy) is 2. The number of hydrogen-bond acceptors (Lipinski definition) is 5. The van der Waals surface area contributed by atoms with Gasteiger partial charge < -0.3 is 14.5 Å². The molecule has 0 aliphatic heterocycles. The highest BCUT2D eigenvalue weighted by Crippen LogP contribution is 2.37. The van der Waals surface area contributed by atoms with E-state index >= 15 is 0 Å². The molecule has 3 rings (SSSR count). The van der Waals surface area contributed by atoms with Gasteiger partial charge in [-0.1, -0.05) is 13.0 Å². The molecule has 3 aromatic rings. The predicted octanol–water partition coefficient (Wildman–Crippen LogP) is 3.88. The van der Waals surface area contributed by atoms with E-state index < -0.39 is 0 Å². The summed E-state index contributed by atoms with van der Waals surface area (Å²) < 4.78 is 10.3. The number of nitrogens with zero attached hydrogens (tertiary/aromatic N) is 1. The standard InChI is InChI=1S/C18H18N2O3S/c1-4-10-5-7-12(15(22-2)16(10)24)17-19-13-8-6-11(18(21)23-3)9-14(13)20-17/h5-9,24H,4H2,1-3H3,(H,19,20). The summed E-state index contributed by atoms with van der Waals surface area (Å²) in [5, 5.41) is 0. The lowest BCUT2D eigenvalue weighted by molar-refractivity contribution is 0.0601. The first-order valence-corrected chi connectivity index (χ1v) is 8.01. The molecule has 0 amide bonds. The molecule has 1 aromatic heterocycles. The number of rotatable bonds is 4. The number of methoxy groups -OCH3 is 2. The number of aryl methyl sites for hydroxylation is 1. The predicted molar refractivity (Wildman–Crippen MR) is 96.1 cm³/mol. The summed E-state index contributed by atoms with van der Waals surface area (Å²) in [7, 11) is 2.98. The lowest BCUT2D eigenvalue weighted by Gasteiger charge is -2.12. The zero-order chi connectivity index (χ0) is 17.3. The van der Waals surface area contributed by atoms with Crippen molar-refractivity contribution in [1.82, 2.24) is 9.97 Å². The van der Waals surface area contributed by atoms with Crippen molar-refractivity contribution < 1.29 is 14.3 Å². The summed E-state index contributed by atoms with van der Waals surface area (Å²) in [5.41, 5.74) is 3.94. The lowest BCUT2D eigenvalue weighted by atomic mass is 10.1. The number of H-pyrrole nitrogens is 1. The van der Waals surface area contributed by atoms with Crippen LogP contribution >= 0.6 is 12.6 Å². The van der Waals surface area contributed by atoms with Crippen molar-refractivity contribution in [2.24, 2.45) is 0 Å². The van der Waals surface area contributed by atoms with Crippen LogP contribution in [0.15, 0.2) is 35.2 Å². The molecule has 1 N–H and O–H groups in total. The molecule has 0 saturated heterocycles. The van der Waals surface area contributed by atoms with E-state index in [1.807, 2.05) is 12.1 Å². The van der Waals surface area contributed by atoms with Crippen LogP contribution in [0.5, 0.6) is 5.75 Å². The molecule has 0 unspecified atom stereocenters. The molecule has 0 spiro atoms. The largest absolute Gasteiger partial charge is 0.495 e. The molecular weight excluding hydrogens is 324 g/mol. The molecule has 124 valence electrons. The average molecular weight is 342 g/mol. The minimum atomic E-state index is -0.379. The molecule has 0 atom stereocenters. The highest BCUT2D eigenvalue weighted by molar-refractivity contribution is 7.80. The molecule has 0 bridgehead atoms. The topological polar surface area (TPSA) is 64.2 Å². The second kappa shape index (κ2) is 6.57. The highest BCUT2D eigenvalue weighted by Gasteiger charge is 2.16. The van der Waals surface area contributed by atoms with Gasteiger partial charge in [0.05, 0.1) is 41.3 Å². The molecule has 5 nitrogen and oxygen atoms in total. The second-order valence-corrected chi connectivity index (χ2v) is 5.76. The summed E-state index contributed by atoms with van der Waals surface area (Å²) in [5.74, 6) is 0.974. The minimum Gasteiger partial charge on any atom is -0.495 e. The third-order valence-corrected chi connectivity index (χ3v) is 4.45. The zero-order valence-electron chi connectivity index (χ0n) is 13.7. The molecule has 0 radical (unpaired) electrons. The summed E-state index contributed by atoms with van der Waals surface area (Å²) in [6.45, 7) is 2.07. The number of hydrogen-bond donors (Lipinski definition) is 2. The Hall–Kier alpha value is -2.47. The van der Waals surface area contributed by atoms with E-state index in [9.17, 15) is 4.79 Å². The number of aromatic amines is 1. The maximum Gasteiger partial charge on any atom is 0.337 e. The fourth-order valence-corrected chi connectivity index (χ4v) is 3.12. The number of thiol groups is 1. The molecule has 6 heteroatoms. The fourth-order valence-electron chi connectivity index (χ4n) is 2.67. The third-order valence-electron chi connectivity index (χ3n) is 3.96. The fraction of sp³-hybridized carbons (Fsp3) is 0.222. The van der Waals surface area contributed by atoms with Gasteiger partial charge in [0.15, 0.2) is 0 Å². The van der Waals surface area contributed by atoms with Crippen molar-refractivity contribution in [2.75, 3.05) is 14.2 Å². The Labute approximate surface area is 145 Å². The van der Waals surface area contributed by atoms with Crippen LogP contribution in [0.25, 0.3) is 22.4 Å². The Morgan fingerprint density at radius 2 is 2.04 bits per heavy atom. The lowest BCUT2D eigenvalue weighted by Crippen LogP contribution is -2.00. The number of esters is 1. The first-order valence-electron chi connectivity index (χ1n) is 7.56. The van der Waals surface area contributed by atoms with E-state index in [2.05, 4.69) is 29.5 Å². The van der Waals surface area contributed by atoms with Crippen LogP contribution in [-0.4, -0.2) is 30.2 Å². The van der Waals surface area contributed by atoms with Crippen LogP contribution in [0.2, 0.25) is 0 Å². The van der Waals surface area contributed by atoms with Gasteiger partial charge in [-0.2, -0.15) is 0 Å². The zero-order valence-corrected chi connectivity index (χ0v) is 14.6. The molecule has 1 heterocycles. The Bertz CT molecular complexity index is 918. The minimum absolute atomic E-state index is 0.379. The Balaban J connectivity index is 2.13. The first kappa shape index (κ1) is 16.4. The van der Waals surface area contributed by atoms with E-state index in [-0.39, 0.29) is 5.97 Å². The number of fused-ring (bicyclic) bond motifs is 1. The van der Waals surface area contributed by atoms with Crippen LogP contribution in [0.1, 0.15) is 22.8 Å². The normalized spacial score (nSPS) is 10.8. The van der Waals surface area contributed by atoms with Gasteiger partial charge in [0.2, 0.25) is 0 Å². The molecule has 24 heavy (non-hydrogen) atoms. The molecule has 2 aromatic carbocycles. The maximum absolute atomic E-state index is 11.7. The summed E-state index contributed by atoms with van der Waals surface area (Å²) in [6, 6.07) is 9.20. The molecule has 0 aliphatic rings. The van der Waals surface area contributed by atoms with Crippen LogP contribution in [-0.2, 0) is 11.2 Å². The van der Waals surface area contributed by atoms with Crippen molar-refractivity contribution in [3.63, 3.8) is 0 Å². The van der Waals surface area contributed by atoms with E-state index in [4.69, 9.17) is 9.47 Å². The van der Waals surface area contributed by atoms with Crippen molar-refractivity contribution in [3.05, 3.63) is 41.5 Å². The van der Waals surface area contributed by atoms with Crippen LogP contribution in [0, 0.1) is 0 Å². The Morgan fingerprint density at radius 1 is 1.25 bits per heavy atom. The number of nitrogens with one attached hydrogen (secondary N) is 1. The number of benzene rings is 2. The Morgan fingerprint density at radius 3 is 2.71 bits per heavy atom. The van der Waals surface area contributed by atoms with Crippen molar-refractivity contribution >= 4 is 29.6 Å². The summed E-state index contributed by atoms with van der Waals surface area (Å²) in [6.07, 6.45) is 0.873. The second-order valence-electron chi connectivity index (χ2n) is 5.32. The van der Waals surface area contributed by atoms with Gasteiger partial charge in [0.1, 0.15) is 11.6 Å². The smallest absolute Gasteiger partial charge is 0.337 e. The highest BCUT2D eigenvalue weighted by atomic mass is 32.1. The van der Waals surface area contributed by atoms with Gasteiger partial charge in [0.25, 0.3) is 0 Å². The summed E-state index contributed by atoms with van der Waals surface area (Å²) >= 11 is 4.58. The SMILES string of the molecule is CCc1ccc(-c2nc3ccc(C(=O)OC)cc3[nH]2)c(OC)c1S. The molecule has 0 saturated carbocycles. The maximum atomic E-state index is 11.7. The first-order chi connectivity index (χ1) is 11.6. The van der Waals surface area contributed by atoms with E-state index in [1.54, 1.807) is 25.3 Å². The molecule has 0 fully saturated rings. The van der Waals surface area contributed by atoms with E-state index in [0.29, 0.717) is 17.1 Å². The van der Waals surface area contributed by atoms with Gasteiger partial charge in [-0.05, 0) is 36.2 Å². The number of aromatic nitrogens is 2. The van der Waals surface area contributed by atoms with Crippen molar-refractivity contribution in [1.29, 1.82) is 0 Å². The molecule has 0 aliphatic carbocycles. The van der Waals surface area contributed by atoms with Crippen LogP contribution in [0.4, 0.5) is 0 Å². The van der Waals surface area contributed by atoms with Crippen LogP contribution < -0.4 is 4.74 Å².